The maximum atomic E-state index is 12.0. The SMILES string of the molecule is CC(=O)N[C@@H]1[C@@H](OC(C)=O)[C@@H](OC(C)=O)[C@@H](COC(C)=O)O[C@H]1NC(=O)CC(=O)O. The van der Waals surface area contributed by atoms with Crippen LogP contribution in [0.3, 0.4) is 0 Å². The summed E-state index contributed by atoms with van der Waals surface area (Å²) in [6.45, 7) is 3.99. The lowest BCUT2D eigenvalue weighted by molar-refractivity contribution is -0.228. The topological polar surface area (TPSA) is 184 Å². The number of ether oxygens (including phenoxy) is 4. The summed E-state index contributed by atoms with van der Waals surface area (Å²) in [6, 6.07) is -1.25. The Bertz CT molecular complexity index is 708. The molecule has 0 radical (unpaired) electrons. The monoisotopic (exact) mass is 432 g/mol. The van der Waals surface area contributed by atoms with Crippen LogP contribution >= 0.6 is 0 Å². The Morgan fingerprint density at radius 3 is 1.90 bits per heavy atom. The van der Waals surface area contributed by atoms with Gasteiger partial charge in [-0.05, 0) is 0 Å². The van der Waals surface area contributed by atoms with E-state index in [0.29, 0.717) is 0 Å². The smallest absolute Gasteiger partial charge is 0.312 e. The van der Waals surface area contributed by atoms with E-state index < -0.39 is 79.3 Å². The highest BCUT2D eigenvalue weighted by molar-refractivity contribution is 5.93. The number of amides is 2. The van der Waals surface area contributed by atoms with E-state index in [2.05, 4.69) is 10.6 Å². The molecular weight excluding hydrogens is 408 g/mol. The molecule has 1 heterocycles. The molecule has 13 nitrogen and oxygen atoms in total. The largest absolute Gasteiger partial charge is 0.481 e. The Morgan fingerprint density at radius 1 is 0.867 bits per heavy atom. The molecule has 0 aliphatic carbocycles. The van der Waals surface area contributed by atoms with Crippen LogP contribution in [0.2, 0.25) is 0 Å². The van der Waals surface area contributed by atoms with Gasteiger partial charge in [0.25, 0.3) is 0 Å². The first kappa shape index (κ1) is 24.8. The highest BCUT2D eigenvalue weighted by atomic mass is 16.6. The Kier molecular flexibility index (Phi) is 9.17. The minimum absolute atomic E-state index is 0.441. The van der Waals surface area contributed by atoms with Gasteiger partial charge in [0.05, 0.1) is 0 Å². The maximum Gasteiger partial charge on any atom is 0.312 e. The molecule has 1 saturated heterocycles. The van der Waals surface area contributed by atoms with Gasteiger partial charge >= 0.3 is 23.9 Å². The van der Waals surface area contributed by atoms with E-state index >= 15 is 0 Å². The van der Waals surface area contributed by atoms with Crippen molar-refractivity contribution in [3.8, 4) is 0 Å². The van der Waals surface area contributed by atoms with Crippen LogP contribution in [0.15, 0.2) is 0 Å². The molecule has 1 fully saturated rings. The average molecular weight is 432 g/mol. The summed E-state index contributed by atoms with van der Waals surface area (Å²) in [5.41, 5.74) is 0. The molecule has 30 heavy (non-hydrogen) atoms. The van der Waals surface area contributed by atoms with Gasteiger partial charge in [0.15, 0.2) is 18.4 Å². The number of carbonyl (C=O) groups is 6. The molecule has 1 aliphatic rings. The minimum Gasteiger partial charge on any atom is -0.481 e. The lowest BCUT2D eigenvalue weighted by Crippen LogP contribution is -2.69. The van der Waals surface area contributed by atoms with Crippen molar-refractivity contribution in [2.45, 2.75) is 64.7 Å². The number of nitrogens with one attached hydrogen (secondary N) is 2. The molecule has 0 spiro atoms. The molecule has 0 saturated carbocycles. The molecule has 1 aliphatic heterocycles. The van der Waals surface area contributed by atoms with Crippen molar-refractivity contribution in [3.05, 3.63) is 0 Å². The number of esters is 3. The van der Waals surface area contributed by atoms with Crippen molar-refractivity contribution in [3.63, 3.8) is 0 Å². The van der Waals surface area contributed by atoms with Gasteiger partial charge < -0.3 is 34.7 Å². The normalized spacial score (nSPS) is 25.4. The number of hydrogen-bond donors (Lipinski definition) is 3. The highest BCUT2D eigenvalue weighted by Crippen LogP contribution is 2.26. The van der Waals surface area contributed by atoms with Gasteiger partial charge in [0.1, 0.15) is 25.2 Å². The van der Waals surface area contributed by atoms with Crippen LogP contribution in [-0.4, -0.2) is 78.0 Å². The van der Waals surface area contributed by atoms with E-state index in [4.69, 9.17) is 24.1 Å². The molecule has 0 unspecified atom stereocenters. The average Bonchev–Trinajstić information content (AvgIpc) is 2.56. The van der Waals surface area contributed by atoms with E-state index in [0.717, 1.165) is 27.7 Å². The van der Waals surface area contributed by atoms with E-state index in [9.17, 15) is 28.8 Å². The van der Waals surface area contributed by atoms with Gasteiger partial charge in [-0.1, -0.05) is 0 Å². The van der Waals surface area contributed by atoms with Crippen molar-refractivity contribution in [1.29, 1.82) is 0 Å². The van der Waals surface area contributed by atoms with Gasteiger partial charge in [0.2, 0.25) is 11.8 Å². The minimum atomic E-state index is -1.41. The van der Waals surface area contributed by atoms with Gasteiger partial charge in [-0.15, -0.1) is 0 Å². The second-order valence-corrected chi connectivity index (χ2v) is 6.41. The van der Waals surface area contributed by atoms with Crippen LogP contribution in [0.4, 0.5) is 0 Å². The van der Waals surface area contributed by atoms with Gasteiger partial charge in [-0.25, -0.2) is 0 Å². The van der Waals surface area contributed by atoms with Crippen LogP contribution < -0.4 is 10.6 Å². The summed E-state index contributed by atoms with van der Waals surface area (Å²) in [4.78, 5) is 68.9. The van der Waals surface area contributed by atoms with E-state index in [1.165, 1.54) is 0 Å². The number of carboxylic acid groups (broad SMARTS) is 1. The summed E-state index contributed by atoms with van der Waals surface area (Å²) >= 11 is 0. The number of hydrogen-bond acceptors (Lipinski definition) is 10. The molecule has 5 atom stereocenters. The number of rotatable bonds is 8. The Balaban J connectivity index is 3.32. The van der Waals surface area contributed by atoms with Gasteiger partial charge in [-0.2, -0.15) is 0 Å². The van der Waals surface area contributed by atoms with Crippen LogP contribution in [-0.2, 0) is 47.7 Å². The zero-order chi connectivity index (χ0) is 23.0. The number of carbonyl (C=O) groups excluding carboxylic acids is 5. The van der Waals surface area contributed by atoms with Crippen molar-refractivity contribution >= 4 is 35.7 Å². The summed E-state index contributed by atoms with van der Waals surface area (Å²) in [5.74, 6) is -5.22. The molecular formula is C17H24N2O11. The lowest BCUT2D eigenvalue weighted by atomic mass is 9.95. The number of aliphatic carboxylic acids is 1. The summed E-state index contributed by atoms with van der Waals surface area (Å²) < 4.78 is 21.0. The summed E-state index contributed by atoms with van der Waals surface area (Å²) in [5, 5.41) is 13.5. The van der Waals surface area contributed by atoms with Crippen molar-refractivity contribution in [1.82, 2.24) is 10.6 Å². The van der Waals surface area contributed by atoms with Gasteiger partial charge in [0, 0.05) is 27.7 Å². The van der Waals surface area contributed by atoms with Crippen LogP contribution in [0, 0.1) is 0 Å². The third-order valence-corrected chi connectivity index (χ3v) is 3.73. The Morgan fingerprint density at radius 2 is 1.43 bits per heavy atom. The second-order valence-electron chi connectivity index (χ2n) is 6.41. The molecule has 3 N–H and O–H groups in total. The van der Waals surface area contributed by atoms with E-state index in [1.807, 2.05) is 0 Å². The van der Waals surface area contributed by atoms with Crippen LogP contribution in [0.25, 0.3) is 0 Å². The summed E-state index contributed by atoms with van der Waals surface area (Å²) in [6.07, 6.45) is -6.15. The van der Waals surface area contributed by atoms with Crippen molar-refractivity contribution in [2.75, 3.05) is 6.61 Å². The predicted octanol–water partition coefficient (Wildman–Crippen LogP) is -1.77. The maximum absolute atomic E-state index is 12.0. The van der Waals surface area contributed by atoms with Crippen LogP contribution in [0.5, 0.6) is 0 Å². The number of carboxylic acids is 1. The first-order valence-corrected chi connectivity index (χ1v) is 8.82. The fraction of sp³-hybridized carbons (Fsp3) is 0.647. The fourth-order valence-electron chi connectivity index (χ4n) is 2.80. The third kappa shape index (κ3) is 8.03. The van der Waals surface area contributed by atoms with Gasteiger partial charge in [-0.3, -0.25) is 28.8 Å². The molecule has 0 aromatic carbocycles. The van der Waals surface area contributed by atoms with E-state index in [1.54, 1.807) is 0 Å². The lowest BCUT2D eigenvalue weighted by Gasteiger charge is -2.45. The first-order chi connectivity index (χ1) is 13.9. The molecule has 0 aromatic rings. The predicted molar refractivity (Wildman–Crippen MR) is 94.4 cm³/mol. The van der Waals surface area contributed by atoms with E-state index in [-0.39, 0.29) is 0 Å². The summed E-state index contributed by atoms with van der Waals surface area (Å²) in [7, 11) is 0. The zero-order valence-corrected chi connectivity index (χ0v) is 16.8. The van der Waals surface area contributed by atoms with Crippen molar-refractivity contribution < 1.29 is 52.8 Å². The molecule has 168 valence electrons. The molecule has 1 rings (SSSR count). The molecule has 13 heteroatoms. The fourth-order valence-corrected chi connectivity index (χ4v) is 2.80. The quantitative estimate of drug-likeness (QED) is 0.224. The first-order valence-electron chi connectivity index (χ1n) is 8.82. The molecule has 0 bridgehead atoms. The van der Waals surface area contributed by atoms with Crippen LogP contribution in [0.1, 0.15) is 34.1 Å². The highest BCUT2D eigenvalue weighted by Gasteiger charge is 2.51. The third-order valence-electron chi connectivity index (χ3n) is 3.73. The second kappa shape index (κ2) is 11.1. The zero-order valence-electron chi connectivity index (χ0n) is 16.8. The Hall–Kier alpha value is -3.22. The molecule has 2 amide bonds. The Labute approximate surface area is 171 Å². The van der Waals surface area contributed by atoms with Crippen molar-refractivity contribution in [2.24, 2.45) is 0 Å². The standard InChI is InChI=1S/C17H24N2O11/c1-7(20)18-14-16(29-10(4)23)15(28-9(3)22)11(6-27-8(2)21)30-17(14)19-12(24)5-13(25)26/h11,14-17H,5-6H2,1-4H3,(H,18,20)(H,19,24)(H,25,26)/t11-,14-,15+,16-,17-/m1/s1. The molecule has 0 aromatic heterocycles.